The molecule has 150 valence electrons. The number of benzene rings is 2. The average molecular weight is 413 g/mol. The van der Waals surface area contributed by atoms with E-state index in [-0.39, 0.29) is 17.3 Å². The number of phenolic OH excluding ortho intramolecular Hbond substituents is 1. The first-order valence-corrected chi connectivity index (χ1v) is 9.55. The van der Waals surface area contributed by atoms with Crippen molar-refractivity contribution in [1.82, 2.24) is 14.8 Å². The number of hydrogen-bond acceptors (Lipinski definition) is 7. The number of nitro benzene ring substituents is 1. The molecule has 10 heteroatoms. The Kier molecular flexibility index (Phi) is 5.83. The van der Waals surface area contributed by atoms with Gasteiger partial charge in [0, 0.05) is 24.7 Å². The molecule has 0 saturated carbocycles. The summed E-state index contributed by atoms with van der Waals surface area (Å²) in [6.45, 7) is 3.49. The van der Waals surface area contributed by atoms with E-state index in [1.54, 1.807) is 55.8 Å². The zero-order chi connectivity index (χ0) is 21.1. The minimum atomic E-state index is -0.510. The third kappa shape index (κ3) is 4.54. The van der Waals surface area contributed by atoms with Crippen LogP contribution in [0.4, 0.5) is 11.4 Å². The molecule has 0 aliphatic carbocycles. The lowest BCUT2D eigenvalue weighted by Gasteiger charge is -2.13. The van der Waals surface area contributed by atoms with Crippen LogP contribution in [0.15, 0.2) is 47.6 Å². The Hall–Kier alpha value is -3.40. The monoisotopic (exact) mass is 413 g/mol. The molecule has 0 saturated heterocycles. The van der Waals surface area contributed by atoms with Gasteiger partial charge in [-0.05, 0) is 43.7 Å². The largest absolute Gasteiger partial charge is 0.508 e. The highest BCUT2D eigenvalue weighted by Gasteiger charge is 2.21. The predicted octanol–water partition coefficient (Wildman–Crippen LogP) is 3.52. The van der Waals surface area contributed by atoms with E-state index in [2.05, 4.69) is 15.5 Å². The molecule has 0 aliphatic heterocycles. The van der Waals surface area contributed by atoms with Crippen LogP contribution in [-0.4, -0.2) is 36.0 Å². The summed E-state index contributed by atoms with van der Waals surface area (Å²) in [6.07, 6.45) is 0. The number of carbonyl (C=O) groups is 1. The standard InChI is InChI=1S/C19H19N5O4S/c1-11-4-7-14(24(27)28)10-16(11)20-18(26)12(2)29-19-22-21-17(23(19)3)13-5-8-15(25)9-6-13/h4-10,12,25H,1-3H3,(H,20,26)/t12-/m1/s1. The molecular formula is C19H19N5O4S. The van der Waals surface area contributed by atoms with Gasteiger partial charge < -0.3 is 15.0 Å². The van der Waals surface area contributed by atoms with Gasteiger partial charge in [0.05, 0.1) is 15.9 Å². The average Bonchev–Trinajstić information content (AvgIpc) is 3.04. The summed E-state index contributed by atoms with van der Waals surface area (Å²) in [6, 6.07) is 10.9. The summed E-state index contributed by atoms with van der Waals surface area (Å²) in [5, 5.41) is 31.5. The zero-order valence-electron chi connectivity index (χ0n) is 16.0. The number of thioether (sulfide) groups is 1. The molecule has 0 unspecified atom stereocenters. The minimum absolute atomic E-state index is 0.0851. The van der Waals surface area contributed by atoms with Crippen LogP contribution in [0.2, 0.25) is 0 Å². The number of nitrogens with one attached hydrogen (secondary N) is 1. The van der Waals surface area contributed by atoms with Crippen molar-refractivity contribution in [3.05, 3.63) is 58.1 Å². The van der Waals surface area contributed by atoms with Gasteiger partial charge in [-0.3, -0.25) is 14.9 Å². The molecule has 9 nitrogen and oxygen atoms in total. The maximum Gasteiger partial charge on any atom is 0.271 e. The summed E-state index contributed by atoms with van der Waals surface area (Å²) >= 11 is 1.23. The topological polar surface area (TPSA) is 123 Å². The number of aromatic nitrogens is 3. The first kappa shape index (κ1) is 20.3. The van der Waals surface area contributed by atoms with Crippen molar-refractivity contribution in [2.75, 3.05) is 5.32 Å². The van der Waals surface area contributed by atoms with Crippen molar-refractivity contribution in [3.8, 4) is 17.1 Å². The lowest BCUT2D eigenvalue weighted by atomic mass is 10.2. The summed E-state index contributed by atoms with van der Waals surface area (Å²) in [4.78, 5) is 23.0. The number of hydrogen-bond donors (Lipinski definition) is 2. The first-order chi connectivity index (χ1) is 13.8. The number of phenols is 1. The van der Waals surface area contributed by atoms with Crippen LogP contribution in [0.3, 0.4) is 0 Å². The third-order valence-electron chi connectivity index (χ3n) is 4.30. The molecule has 0 aliphatic rings. The maximum absolute atomic E-state index is 12.6. The van der Waals surface area contributed by atoms with E-state index in [0.717, 1.165) is 11.1 Å². The first-order valence-electron chi connectivity index (χ1n) is 8.67. The lowest BCUT2D eigenvalue weighted by Crippen LogP contribution is -2.23. The smallest absolute Gasteiger partial charge is 0.271 e. The number of nitro groups is 1. The van der Waals surface area contributed by atoms with E-state index in [9.17, 15) is 20.0 Å². The van der Waals surface area contributed by atoms with Crippen LogP contribution >= 0.6 is 11.8 Å². The quantitative estimate of drug-likeness (QED) is 0.360. The highest BCUT2D eigenvalue weighted by Crippen LogP contribution is 2.28. The fourth-order valence-electron chi connectivity index (χ4n) is 2.58. The summed E-state index contributed by atoms with van der Waals surface area (Å²) < 4.78 is 1.76. The van der Waals surface area contributed by atoms with E-state index in [0.29, 0.717) is 16.7 Å². The van der Waals surface area contributed by atoms with Gasteiger partial charge in [-0.1, -0.05) is 17.8 Å². The van der Waals surface area contributed by atoms with Crippen molar-refractivity contribution in [3.63, 3.8) is 0 Å². The van der Waals surface area contributed by atoms with Crippen LogP contribution in [0.5, 0.6) is 5.75 Å². The molecule has 3 aromatic rings. The Balaban J connectivity index is 1.73. The van der Waals surface area contributed by atoms with Gasteiger partial charge in [0.2, 0.25) is 5.91 Å². The molecule has 0 radical (unpaired) electrons. The van der Waals surface area contributed by atoms with Crippen LogP contribution < -0.4 is 5.32 Å². The van der Waals surface area contributed by atoms with E-state index < -0.39 is 10.2 Å². The van der Waals surface area contributed by atoms with Crippen LogP contribution in [0, 0.1) is 17.0 Å². The van der Waals surface area contributed by atoms with Crippen molar-refractivity contribution >= 4 is 29.0 Å². The molecule has 0 spiro atoms. The predicted molar refractivity (Wildman–Crippen MR) is 110 cm³/mol. The minimum Gasteiger partial charge on any atom is -0.508 e. The molecule has 0 fully saturated rings. The Bertz CT molecular complexity index is 1060. The summed E-state index contributed by atoms with van der Waals surface area (Å²) in [7, 11) is 1.79. The highest BCUT2D eigenvalue weighted by molar-refractivity contribution is 8.00. The summed E-state index contributed by atoms with van der Waals surface area (Å²) in [5.74, 6) is 0.467. The van der Waals surface area contributed by atoms with Crippen LogP contribution in [-0.2, 0) is 11.8 Å². The van der Waals surface area contributed by atoms with Gasteiger partial charge in [-0.2, -0.15) is 0 Å². The fraction of sp³-hybridized carbons (Fsp3) is 0.211. The number of rotatable bonds is 6. The lowest BCUT2D eigenvalue weighted by molar-refractivity contribution is -0.384. The molecule has 0 bridgehead atoms. The van der Waals surface area contributed by atoms with E-state index in [4.69, 9.17) is 0 Å². The number of aromatic hydroxyl groups is 1. The van der Waals surface area contributed by atoms with Crippen LogP contribution in [0.1, 0.15) is 12.5 Å². The van der Waals surface area contributed by atoms with E-state index in [1.807, 2.05) is 0 Å². The number of carbonyl (C=O) groups excluding carboxylic acids is 1. The van der Waals surface area contributed by atoms with Crippen molar-refractivity contribution in [2.24, 2.45) is 7.05 Å². The fourth-order valence-corrected chi connectivity index (χ4v) is 3.40. The molecule has 2 N–H and O–H groups in total. The second kappa shape index (κ2) is 8.31. The molecule has 29 heavy (non-hydrogen) atoms. The Morgan fingerprint density at radius 2 is 1.93 bits per heavy atom. The molecule has 1 atom stereocenters. The van der Waals surface area contributed by atoms with Gasteiger partial charge in [0.1, 0.15) is 5.75 Å². The molecular weight excluding hydrogens is 394 g/mol. The normalized spacial score (nSPS) is 11.8. The van der Waals surface area contributed by atoms with Gasteiger partial charge in [-0.15, -0.1) is 10.2 Å². The van der Waals surface area contributed by atoms with Crippen molar-refractivity contribution < 1.29 is 14.8 Å². The number of nitrogens with zero attached hydrogens (tertiary/aromatic N) is 4. The molecule has 2 aromatic carbocycles. The Morgan fingerprint density at radius 1 is 1.24 bits per heavy atom. The zero-order valence-corrected chi connectivity index (χ0v) is 16.8. The SMILES string of the molecule is Cc1ccc([N+](=O)[O-])cc1NC(=O)[C@@H](C)Sc1nnc(-c2ccc(O)cc2)n1C. The number of aryl methyl sites for hydroxylation is 1. The maximum atomic E-state index is 12.6. The van der Waals surface area contributed by atoms with Crippen molar-refractivity contribution in [2.45, 2.75) is 24.3 Å². The second-order valence-electron chi connectivity index (χ2n) is 6.42. The molecule has 3 rings (SSSR count). The van der Waals surface area contributed by atoms with Gasteiger partial charge in [-0.25, -0.2) is 0 Å². The van der Waals surface area contributed by atoms with Crippen LogP contribution in [0.25, 0.3) is 11.4 Å². The Morgan fingerprint density at radius 3 is 2.59 bits per heavy atom. The number of anilines is 1. The summed E-state index contributed by atoms with van der Waals surface area (Å²) in [5.41, 5.74) is 1.83. The van der Waals surface area contributed by atoms with Gasteiger partial charge >= 0.3 is 0 Å². The number of amides is 1. The van der Waals surface area contributed by atoms with Gasteiger partial charge in [0.15, 0.2) is 11.0 Å². The molecule has 1 heterocycles. The Labute approximate surface area is 170 Å². The highest BCUT2D eigenvalue weighted by atomic mass is 32.2. The number of non-ortho nitro benzene ring substituents is 1. The third-order valence-corrected chi connectivity index (χ3v) is 5.44. The molecule has 1 amide bonds. The van der Waals surface area contributed by atoms with E-state index in [1.165, 1.54) is 23.9 Å². The van der Waals surface area contributed by atoms with Crippen molar-refractivity contribution in [1.29, 1.82) is 0 Å². The van der Waals surface area contributed by atoms with E-state index >= 15 is 0 Å². The van der Waals surface area contributed by atoms with Gasteiger partial charge in [0.25, 0.3) is 5.69 Å². The second-order valence-corrected chi connectivity index (χ2v) is 7.73. The molecule has 1 aromatic heterocycles.